The Kier molecular flexibility index (Phi) is 3.57. The number of alkyl halides is 6. The van der Waals surface area contributed by atoms with E-state index < -0.39 is 24.0 Å². The summed E-state index contributed by atoms with van der Waals surface area (Å²) in [5, 5.41) is 0.0831. The van der Waals surface area contributed by atoms with Crippen LogP contribution in [0.25, 0.3) is 10.9 Å². The van der Waals surface area contributed by atoms with Crippen LogP contribution in [0.2, 0.25) is 0 Å². The third-order valence-electron chi connectivity index (χ3n) is 2.25. The fraction of sp³-hybridized carbons (Fsp3) is 0.182. The first kappa shape index (κ1) is 14.9. The molecule has 0 atom stereocenters. The van der Waals surface area contributed by atoms with Crippen molar-refractivity contribution in [1.29, 1.82) is 0 Å². The fourth-order valence-corrected chi connectivity index (χ4v) is 2.04. The first-order valence-electron chi connectivity index (χ1n) is 4.99. The van der Waals surface area contributed by atoms with Gasteiger partial charge < -0.3 is 4.74 Å². The van der Waals surface area contributed by atoms with Gasteiger partial charge in [-0.25, -0.2) is 4.98 Å². The average Bonchev–Trinajstić information content (AvgIpc) is 2.26. The molecule has 1 aromatic heterocycles. The van der Waals surface area contributed by atoms with Crippen LogP contribution in [0.1, 0.15) is 5.69 Å². The van der Waals surface area contributed by atoms with Crippen molar-refractivity contribution in [2.45, 2.75) is 12.5 Å². The van der Waals surface area contributed by atoms with Gasteiger partial charge in [0.25, 0.3) is 0 Å². The van der Waals surface area contributed by atoms with Crippen LogP contribution in [0, 0.1) is 0 Å². The van der Waals surface area contributed by atoms with E-state index in [1.807, 2.05) is 0 Å². The van der Waals surface area contributed by atoms with E-state index in [1.54, 1.807) is 0 Å². The fourth-order valence-electron chi connectivity index (χ4n) is 1.51. The molecule has 0 unspecified atom stereocenters. The summed E-state index contributed by atoms with van der Waals surface area (Å²) in [5.74, 6) is -0.535. The predicted molar refractivity (Wildman–Crippen MR) is 61.1 cm³/mol. The molecule has 0 bridgehead atoms. The van der Waals surface area contributed by atoms with Crippen molar-refractivity contribution in [3.8, 4) is 5.75 Å². The Hall–Kier alpha value is -1.51. The van der Waals surface area contributed by atoms with Crippen LogP contribution < -0.4 is 4.74 Å². The van der Waals surface area contributed by atoms with Crippen LogP contribution in [-0.2, 0) is 6.18 Å². The zero-order valence-corrected chi connectivity index (χ0v) is 10.9. The SMILES string of the molecule is FC(F)(F)Oc1ccc2nc(C(F)(F)F)cc(Br)c2c1. The Morgan fingerprint density at radius 2 is 1.65 bits per heavy atom. The van der Waals surface area contributed by atoms with Gasteiger partial charge in [0.2, 0.25) is 0 Å². The van der Waals surface area contributed by atoms with Gasteiger partial charge in [0.1, 0.15) is 11.4 Å². The minimum absolute atomic E-state index is 0.0255. The summed E-state index contributed by atoms with van der Waals surface area (Å²) < 4.78 is 77.5. The molecule has 2 rings (SSSR count). The van der Waals surface area contributed by atoms with E-state index in [1.165, 1.54) is 0 Å². The number of rotatable bonds is 1. The first-order chi connectivity index (χ1) is 9.06. The quantitative estimate of drug-likeness (QED) is 0.674. The molecule has 0 aliphatic heterocycles. The maximum absolute atomic E-state index is 12.5. The molecule has 9 heteroatoms. The van der Waals surface area contributed by atoms with Gasteiger partial charge in [-0.05, 0) is 24.3 Å². The standard InChI is InChI=1S/C11H4BrF6NO/c12-7-4-9(10(13,14)15)19-8-2-1-5(3-6(7)8)20-11(16,17)18/h1-4H. The summed E-state index contributed by atoms with van der Waals surface area (Å²) in [7, 11) is 0. The first-order valence-corrected chi connectivity index (χ1v) is 5.79. The van der Waals surface area contributed by atoms with Crippen molar-refractivity contribution in [2.75, 3.05) is 0 Å². The van der Waals surface area contributed by atoms with Crippen LogP contribution in [0.4, 0.5) is 26.3 Å². The van der Waals surface area contributed by atoms with Crippen molar-refractivity contribution >= 4 is 26.8 Å². The van der Waals surface area contributed by atoms with Crippen LogP contribution in [0.5, 0.6) is 5.75 Å². The smallest absolute Gasteiger partial charge is 0.406 e. The normalized spacial score (nSPS) is 12.8. The summed E-state index contributed by atoms with van der Waals surface area (Å²) in [6, 6.07) is 3.57. The van der Waals surface area contributed by atoms with E-state index in [-0.39, 0.29) is 15.4 Å². The third kappa shape index (κ3) is 3.33. The largest absolute Gasteiger partial charge is 0.573 e. The Morgan fingerprint density at radius 1 is 1.00 bits per heavy atom. The van der Waals surface area contributed by atoms with E-state index in [0.29, 0.717) is 6.07 Å². The molecule has 2 nitrogen and oxygen atoms in total. The highest BCUT2D eigenvalue weighted by atomic mass is 79.9. The molecule has 0 saturated heterocycles. The molecule has 0 N–H and O–H groups in total. The van der Waals surface area contributed by atoms with Crippen LogP contribution in [0.15, 0.2) is 28.7 Å². The number of ether oxygens (including phenoxy) is 1. The third-order valence-corrected chi connectivity index (χ3v) is 2.91. The minimum atomic E-state index is -4.88. The monoisotopic (exact) mass is 359 g/mol. The number of halogens is 7. The number of aromatic nitrogens is 1. The zero-order valence-electron chi connectivity index (χ0n) is 9.31. The molecule has 1 heterocycles. The van der Waals surface area contributed by atoms with Gasteiger partial charge >= 0.3 is 12.5 Å². The van der Waals surface area contributed by atoms with Crippen LogP contribution in [0.3, 0.4) is 0 Å². The summed E-state index contributed by atoms with van der Waals surface area (Å²) in [4.78, 5) is 3.35. The number of hydrogen-bond donors (Lipinski definition) is 0. The maximum Gasteiger partial charge on any atom is 0.573 e. The molecule has 1 aromatic carbocycles. The summed E-state index contributed by atoms with van der Waals surface area (Å²) in [6.45, 7) is 0. The topological polar surface area (TPSA) is 22.1 Å². The number of nitrogens with zero attached hydrogens (tertiary/aromatic N) is 1. The average molecular weight is 360 g/mol. The maximum atomic E-state index is 12.5. The lowest BCUT2D eigenvalue weighted by atomic mass is 10.2. The van der Waals surface area contributed by atoms with E-state index in [2.05, 4.69) is 25.7 Å². The van der Waals surface area contributed by atoms with Crippen LogP contribution >= 0.6 is 15.9 Å². The lowest BCUT2D eigenvalue weighted by Crippen LogP contribution is -2.17. The van der Waals surface area contributed by atoms with Crippen molar-refractivity contribution in [3.63, 3.8) is 0 Å². The molecule has 0 aliphatic carbocycles. The molecule has 0 amide bonds. The van der Waals surface area contributed by atoms with Crippen molar-refractivity contribution in [1.82, 2.24) is 4.98 Å². The summed E-state index contributed by atoms with van der Waals surface area (Å²) >= 11 is 2.88. The highest BCUT2D eigenvalue weighted by Gasteiger charge is 2.34. The second-order valence-corrected chi connectivity index (χ2v) is 4.57. The van der Waals surface area contributed by atoms with Gasteiger partial charge in [0.15, 0.2) is 0 Å². The van der Waals surface area contributed by atoms with E-state index in [4.69, 9.17) is 0 Å². The van der Waals surface area contributed by atoms with E-state index in [0.717, 1.165) is 18.2 Å². The molecular formula is C11H4BrF6NO. The molecule has 0 aliphatic rings. The molecule has 2 aromatic rings. The van der Waals surface area contributed by atoms with Crippen molar-refractivity contribution in [3.05, 3.63) is 34.4 Å². The highest BCUT2D eigenvalue weighted by molar-refractivity contribution is 9.10. The summed E-state index contributed by atoms with van der Waals surface area (Å²) in [6.07, 6.45) is -9.52. The second kappa shape index (κ2) is 4.80. The van der Waals surface area contributed by atoms with Gasteiger partial charge in [-0.2, -0.15) is 13.2 Å². The zero-order chi connectivity index (χ0) is 15.1. The lowest BCUT2D eigenvalue weighted by molar-refractivity contribution is -0.274. The molecule has 0 spiro atoms. The van der Waals surface area contributed by atoms with Crippen LogP contribution in [-0.4, -0.2) is 11.3 Å². The predicted octanol–water partition coefficient (Wildman–Crippen LogP) is 4.91. The van der Waals surface area contributed by atoms with Gasteiger partial charge in [-0.3, -0.25) is 0 Å². The number of pyridine rings is 1. The van der Waals surface area contributed by atoms with Gasteiger partial charge in [-0.1, -0.05) is 15.9 Å². The Labute approximate surface area is 116 Å². The molecule has 0 fully saturated rings. The second-order valence-electron chi connectivity index (χ2n) is 3.71. The van der Waals surface area contributed by atoms with Gasteiger partial charge in [0, 0.05) is 9.86 Å². The molecular weight excluding hydrogens is 356 g/mol. The van der Waals surface area contributed by atoms with Crippen molar-refractivity contribution in [2.24, 2.45) is 0 Å². The number of benzene rings is 1. The number of fused-ring (bicyclic) bond motifs is 1. The Bertz CT molecular complexity index is 652. The number of hydrogen-bond acceptors (Lipinski definition) is 2. The Balaban J connectivity index is 2.52. The minimum Gasteiger partial charge on any atom is -0.406 e. The van der Waals surface area contributed by atoms with E-state index in [9.17, 15) is 26.3 Å². The molecule has 20 heavy (non-hydrogen) atoms. The molecule has 0 saturated carbocycles. The van der Waals surface area contributed by atoms with Crippen molar-refractivity contribution < 1.29 is 31.1 Å². The van der Waals surface area contributed by atoms with E-state index >= 15 is 0 Å². The highest BCUT2D eigenvalue weighted by Crippen LogP contribution is 2.35. The molecule has 108 valence electrons. The van der Waals surface area contributed by atoms with Gasteiger partial charge in [0.05, 0.1) is 5.52 Å². The molecule has 0 radical (unpaired) electrons. The van der Waals surface area contributed by atoms with Gasteiger partial charge in [-0.15, -0.1) is 13.2 Å². The summed E-state index contributed by atoms with van der Waals surface area (Å²) in [5.41, 5.74) is -1.23. The Morgan fingerprint density at radius 3 is 2.20 bits per heavy atom. The lowest BCUT2D eigenvalue weighted by Gasteiger charge is -2.11.